The Morgan fingerprint density at radius 3 is 2.66 bits per heavy atom. The summed E-state index contributed by atoms with van der Waals surface area (Å²) in [6, 6.07) is 0. The maximum Gasteiger partial charge on any atom is 0.305 e. The van der Waals surface area contributed by atoms with E-state index in [0.717, 1.165) is 44.9 Å². The van der Waals surface area contributed by atoms with Gasteiger partial charge in [0.15, 0.2) is 5.78 Å². The zero-order valence-electron chi connectivity index (χ0n) is 20.2. The van der Waals surface area contributed by atoms with Gasteiger partial charge in [0, 0.05) is 18.8 Å². The molecule has 4 rings (SSSR count). The molecule has 176 valence electrons. The van der Waals surface area contributed by atoms with Crippen LogP contribution in [0, 0.1) is 34.5 Å². The quantitative estimate of drug-likeness (QED) is 0.548. The molecule has 5 nitrogen and oxygen atoms in total. The lowest BCUT2D eigenvalue weighted by molar-refractivity contribution is -0.150. The Labute approximate surface area is 192 Å². The Kier molecular flexibility index (Phi) is 6.15. The van der Waals surface area contributed by atoms with Gasteiger partial charge in [0.1, 0.15) is 6.10 Å². The van der Waals surface area contributed by atoms with Crippen molar-refractivity contribution in [3.63, 3.8) is 0 Å². The number of fused-ring (bicyclic) bond motifs is 5. The summed E-state index contributed by atoms with van der Waals surface area (Å²) in [4.78, 5) is 36.8. The Bertz CT molecular complexity index is 869. The van der Waals surface area contributed by atoms with Crippen LogP contribution < -0.4 is 0 Å². The van der Waals surface area contributed by atoms with Gasteiger partial charge in [-0.05, 0) is 91.3 Å². The summed E-state index contributed by atoms with van der Waals surface area (Å²) in [5.41, 5.74) is 2.25. The van der Waals surface area contributed by atoms with Crippen molar-refractivity contribution in [2.24, 2.45) is 34.5 Å². The lowest BCUT2D eigenvalue weighted by Gasteiger charge is -2.53. The highest BCUT2D eigenvalue weighted by Crippen LogP contribution is 2.64. The summed E-state index contributed by atoms with van der Waals surface area (Å²) in [6.45, 7) is 8.17. The van der Waals surface area contributed by atoms with Crippen molar-refractivity contribution in [1.29, 1.82) is 0 Å². The molecule has 0 aromatic carbocycles. The number of hydrogen-bond acceptors (Lipinski definition) is 5. The summed E-state index contributed by atoms with van der Waals surface area (Å²) < 4.78 is 10.4. The van der Waals surface area contributed by atoms with Crippen molar-refractivity contribution >= 4 is 17.7 Å². The Morgan fingerprint density at radius 1 is 1.22 bits per heavy atom. The maximum atomic E-state index is 13.7. The van der Waals surface area contributed by atoms with E-state index in [-0.39, 0.29) is 46.5 Å². The van der Waals surface area contributed by atoms with Gasteiger partial charge in [0.25, 0.3) is 0 Å². The molecule has 0 N–H and O–H groups in total. The fraction of sp³-hybridized carbons (Fsp3) is 0.741. The monoisotopic (exact) mass is 442 g/mol. The molecule has 0 heterocycles. The van der Waals surface area contributed by atoms with Crippen LogP contribution in [0.15, 0.2) is 23.3 Å². The number of hydrogen-bond donors (Lipinski definition) is 0. The van der Waals surface area contributed by atoms with E-state index in [9.17, 15) is 14.4 Å². The van der Waals surface area contributed by atoms with Gasteiger partial charge >= 0.3 is 11.9 Å². The Morgan fingerprint density at radius 2 is 1.97 bits per heavy atom. The zero-order chi connectivity index (χ0) is 23.3. The summed E-state index contributed by atoms with van der Waals surface area (Å²) in [5, 5.41) is 0. The second-order valence-corrected chi connectivity index (χ2v) is 11.0. The standard InChI is InChI=1S/C27H38O5/c1-16(6-11-25(30)31-5)21-9-10-22-20-8-7-18-14-19(32-17(2)28)12-13-26(18,3)23(20)15-24(29)27(21,22)4/h8,15-16,18-19,21-22H,6-7,9-14H2,1-5H3/t16-,18+,19+,21-,22+,26-,27-/m0/s1. The lowest BCUT2D eigenvalue weighted by Crippen LogP contribution is -2.48. The van der Waals surface area contributed by atoms with Crippen molar-refractivity contribution in [3.8, 4) is 0 Å². The van der Waals surface area contributed by atoms with Crippen molar-refractivity contribution in [1.82, 2.24) is 0 Å². The van der Waals surface area contributed by atoms with E-state index >= 15 is 0 Å². The first-order valence-corrected chi connectivity index (χ1v) is 12.3. The fourth-order valence-electron chi connectivity index (χ4n) is 7.55. The third-order valence-electron chi connectivity index (χ3n) is 9.48. The molecule has 0 aromatic rings. The average Bonchev–Trinajstić information content (AvgIpc) is 3.11. The molecule has 0 saturated heterocycles. The number of carbonyl (C=O) groups is 3. The molecule has 0 aliphatic heterocycles. The van der Waals surface area contributed by atoms with E-state index in [2.05, 4.69) is 26.8 Å². The van der Waals surface area contributed by atoms with Gasteiger partial charge in [0.2, 0.25) is 0 Å². The minimum atomic E-state index is -0.386. The number of rotatable bonds is 5. The van der Waals surface area contributed by atoms with Crippen LogP contribution in [0.3, 0.4) is 0 Å². The lowest BCUT2D eigenvalue weighted by atomic mass is 9.51. The molecule has 0 amide bonds. The predicted molar refractivity (Wildman–Crippen MR) is 122 cm³/mol. The largest absolute Gasteiger partial charge is 0.469 e. The number of ketones is 1. The second kappa shape index (κ2) is 8.46. The van der Waals surface area contributed by atoms with Crippen molar-refractivity contribution in [2.75, 3.05) is 7.11 Å². The van der Waals surface area contributed by atoms with Gasteiger partial charge in [-0.25, -0.2) is 0 Å². The van der Waals surface area contributed by atoms with Crippen LogP contribution in [-0.2, 0) is 23.9 Å². The molecule has 7 atom stereocenters. The van der Waals surface area contributed by atoms with Crippen molar-refractivity contribution < 1.29 is 23.9 Å². The highest BCUT2D eigenvalue weighted by atomic mass is 16.5. The Balaban J connectivity index is 1.58. The number of ether oxygens (including phenoxy) is 2. The zero-order valence-corrected chi connectivity index (χ0v) is 20.2. The van der Waals surface area contributed by atoms with Gasteiger partial charge in [0.05, 0.1) is 7.11 Å². The molecule has 5 heteroatoms. The van der Waals surface area contributed by atoms with Crippen LogP contribution in [-0.4, -0.2) is 30.9 Å². The molecular weight excluding hydrogens is 404 g/mol. The van der Waals surface area contributed by atoms with Crippen LogP contribution in [0.4, 0.5) is 0 Å². The minimum Gasteiger partial charge on any atom is -0.469 e. The summed E-state index contributed by atoms with van der Waals surface area (Å²) >= 11 is 0. The van der Waals surface area contributed by atoms with Crippen LogP contribution >= 0.6 is 0 Å². The van der Waals surface area contributed by atoms with E-state index in [1.54, 1.807) is 0 Å². The van der Waals surface area contributed by atoms with Gasteiger partial charge in [-0.3, -0.25) is 14.4 Å². The highest BCUT2D eigenvalue weighted by molar-refractivity contribution is 5.99. The molecule has 2 saturated carbocycles. The SMILES string of the molecule is COC(=O)CC[C@H](C)[C@@H]1CC[C@@H]2C3=CC[C@@H]4C[C@H](OC(C)=O)CC[C@]4(C)C3=CC(=O)[C@]21C. The molecule has 0 radical (unpaired) electrons. The second-order valence-electron chi connectivity index (χ2n) is 11.0. The fourth-order valence-corrected chi connectivity index (χ4v) is 7.55. The van der Waals surface area contributed by atoms with E-state index in [1.165, 1.54) is 25.2 Å². The third-order valence-corrected chi connectivity index (χ3v) is 9.48. The molecular formula is C27H38O5. The average molecular weight is 443 g/mol. The van der Waals surface area contributed by atoms with Crippen LogP contribution in [0.5, 0.6) is 0 Å². The number of carbonyl (C=O) groups excluding carboxylic acids is 3. The number of allylic oxidation sites excluding steroid dienone is 4. The summed E-state index contributed by atoms with van der Waals surface area (Å²) in [5.74, 6) is 1.15. The van der Waals surface area contributed by atoms with Crippen LogP contribution in [0.1, 0.15) is 79.1 Å². The molecule has 0 unspecified atom stereocenters. The summed E-state index contributed by atoms with van der Waals surface area (Å²) in [6.07, 6.45) is 11.3. The van der Waals surface area contributed by atoms with E-state index in [4.69, 9.17) is 9.47 Å². The maximum absolute atomic E-state index is 13.7. The molecule has 0 bridgehead atoms. The van der Waals surface area contributed by atoms with Gasteiger partial charge < -0.3 is 9.47 Å². The van der Waals surface area contributed by atoms with Crippen LogP contribution in [0.2, 0.25) is 0 Å². The first-order chi connectivity index (χ1) is 15.1. The first-order valence-electron chi connectivity index (χ1n) is 12.3. The number of methoxy groups -OCH3 is 1. The normalized spacial score (nSPS) is 39.1. The molecule has 2 fully saturated rings. The number of esters is 2. The van der Waals surface area contributed by atoms with Gasteiger partial charge in [-0.15, -0.1) is 0 Å². The predicted octanol–water partition coefficient (Wildman–Crippen LogP) is 5.19. The first kappa shape index (κ1) is 23.3. The van der Waals surface area contributed by atoms with Crippen LogP contribution in [0.25, 0.3) is 0 Å². The van der Waals surface area contributed by atoms with Gasteiger partial charge in [-0.1, -0.05) is 26.8 Å². The third kappa shape index (κ3) is 3.66. The minimum absolute atomic E-state index is 0.00259. The highest BCUT2D eigenvalue weighted by Gasteiger charge is 2.59. The van der Waals surface area contributed by atoms with E-state index in [0.29, 0.717) is 18.3 Å². The molecule has 0 spiro atoms. The van der Waals surface area contributed by atoms with E-state index < -0.39 is 0 Å². The van der Waals surface area contributed by atoms with Gasteiger partial charge in [-0.2, -0.15) is 0 Å². The van der Waals surface area contributed by atoms with Crippen molar-refractivity contribution in [2.45, 2.75) is 85.2 Å². The molecule has 32 heavy (non-hydrogen) atoms. The molecule has 4 aliphatic rings. The Hall–Kier alpha value is -1.91. The van der Waals surface area contributed by atoms with E-state index in [1.807, 2.05) is 6.08 Å². The molecule has 4 aliphatic carbocycles. The van der Waals surface area contributed by atoms with Crippen molar-refractivity contribution in [3.05, 3.63) is 23.3 Å². The molecule has 0 aromatic heterocycles. The topological polar surface area (TPSA) is 69.7 Å². The summed E-state index contributed by atoms with van der Waals surface area (Å²) in [7, 11) is 1.43. The smallest absolute Gasteiger partial charge is 0.305 e.